The number of hydrogen-bond acceptors (Lipinski definition) is 5. The number of esters is 1. The summed E-state index contributed by atoms with van der Waals surface area (Å²) in [6.07, 6.45) is 38.9. The van der Waals surface area contributed by atoms with E-state index in [0.717, 1.165) is 54.9 Å². The molecule has 0 aromatic carbocycles. The molecule has 3 atom stereocenters. The highest BCUT2D eigenvalue weighted by molar-refractivity contribution is 7.80. The molecule has 0 amide bonds. The minimum absolute atomic E-state index is 0.0693. The highest BCUT2D eigenvalue weighted by Gasteiger charge is 2.33. The van der Waals surface area contributed by atoms with Crippen LogP contribution in [0.5, 0.6) is 0 Å². The number of ether oxygens (including phenoxy) is 2. The van der Waals surface area contributed by atoms with E-state index in [-0.39, 0.29) is 17.8 Å². The van der Waals surface area contributed by atoms with Gasteiger partial charge in [0.2, 0.25) is 0 Å². The average Bonchev–Trinajstić information content (AvgIpc) is 3.08. The van der Waals surface area contributed by atoms with E-state index in [9.17, 15) is 4.79 Å². The van der Waals surface area contributed by atoms with Crippen molar-refractivity contribution in [3.63, 3.8) is 0 Å². The first-order chi connectivity index (χ1) is 24.5. The summed E-state index contributed by atoms with van der Waals surface area (Å²) in [4.78, 5) is 13.7. The second-order valence-corrected chi connectivity index (χ2v) is 17.7. The molecule has 0 spiro atoms. The van der Waals surface area contributed by atoms with E-state index in [1.54, 1.807) is 0 Å². The van der Waals surface area contributed by atoms with E-state index < -0.39 is 0 Å². The van der Waals surface area contributed by atoms with Crippen molar-refractivity contribution >= 4 is 23.2 Å². The number of hydrogen-bond donors (Lipinski definition) is 1. The van der Waals surface area contributed by atoms with Crippen molar-refractivity contribution < 1.29 is 19.4 Å². The maximum Gasteiger partial charge on any atom is 0.308 e. The first-order valence-electron chi connectivity index (χ1n) is 22.5. The predicted octanol–water partition coefficient (Wildman–Crippen LogP) is 13.4. The first kappa shape index (κ1) is 43.7. The molecule has 3 saturated carbocycles. The minimum atomic E-state index is 0.0693. The summed E-state index contributed by atoms with van der Waals surface area (Å²) >= 11 is 6.09. The first-order valence-corrected chi connectivity index (χ1v) is 22.9. The van der Waals surface area contributed by atoms with Gasteiger partial charge in [-0.15, -0.1) is 0 Å². The number of rotatable bonds is 31. The molecule has 0 bridgehead atoms. The Morgan fingerprint density at radius 1 is 0.600 bits per heavy atom. The maximum atomic E-state index is 13.7. The second kappa shape index (κ2) is 27.9. The molecule has 0 saturated heterocycles. The van der Waals surface area contributed by atoms with Crippen LogP contribution in [0.1, 0.15) is 213 Å². The highest BCUT2D eigenvalue weighted by Crippen LogP contribution is 2.39. The number of carbonyl (C=O) groups is 1. The number of carbonyl (C=O) groups excluding carboxylic acids is 1. The van der Waals surface area contributed by atoms with Crippen molar-refractivity contribution in [3.05, 3.63) is 0 Å². The Bertz CT molecular complexity index is 794. The van der Waals surface area contributed by atoms with Crippen LogP contribution in [0.15, 0.2) is 0 Å². The number of thiocarbonyl (C=S) groups is 1. The van der Waals surface area contributed by atoms with Gasteiger partial charge in [-0.3, -0.25) is 4.79 Å². The standard InChI is InChI=1S/C45H82O4S/c1-3-5-7-9-11-16-26-41(33-38-22-19-23-38)44(47)48-35-43(40-30-28-37(29-31-40)21-15-13-14-18-32-46)36-49-45(50)42(34-39-24-20-25-39)27-17-12-10-8-6-4-2/h37-43,46H,3-36H2,1-2H3. The lowest BCUT2D eigenvalue weighted by Gasteiger charge is -2.35. The fourth-order valence-corrected chi connectivity index (χ4v) is 9.33. The molecule has 0 aromatic heterocycles. The van der Waals surface area contributed by atoms with Gasteiger partial charge in [0.1, 0.15) is 0 Å². The molecule has 0 heterocycles. The summed E-state index contributed by atoms with van der Waals surface area (Å²) in [7, 11) is 0. The van der Waals surface area contributed by atoms with E-state index in [1.807, 2.05) is 0 Å². The lowest BCUT2D eigenvalue weighted by atomic mass is 9.74. The van der Waals surface area contributed by atoms with Crippen molar-refractivity contribution in [2.24, 2.45) is 41.4 Å². The van der Waals surface area contributed by atoms with Crippen molar-refractivity contribution in [1.29, 1.82) is 0 Å². The van der Waals surface area contributed by atoms with E-state index >= 15 is 0 Å². The normalized spacial score (nSPS) is 21.6. The smallest absolute Gasteiger partial charge is 0.308 e. The van der Waals surface area contributed by atoms with Crippen molar-refractivity contribution in [2.75, 3.05) is 19.8 Å². The molecule has 0 aromatic rings. The minimum Gasteiger partial charge on any atom is -0.486 e. The lowest BCUT2D eigenvalue weighted by molar-refractivity contribution is -0.152. The molecule has 3 unspecified atom stereocenters. The Kier molecular flexibility index (Phi) is 24.4. The van der Waals surface area contributed by atoms with E-state index in [1.165, 1.54) is 167 Å². The molecular formula is C45H82O4S. The monoisotopic (exact) mass is 719 g/mol. The third kappa shape index (κ3) is 18.4. The van der Waals surface area contributed by atoms with Crippen LogP contribution >= 0.6 is 12.2 Å². The Labute approximate surface area is 315 Å². The Hall–Kier alpha value is -0.680. The zero-order chi connectivity index (χ0) is 35.7. The quantitative estimate of drug-likeness (QED) is 0.0439. The van der Waals surface area contributed by atoms with Gasteiger partial charge in [0.05, 0.1) is 19.1 Å². The van der Waals surface area contributed by atoms with Gasteiger partial charge in [-0.25, -0.2) is 0 Å². The summed E-state index contributed by atoms with van der Waals surface area (Å²) in [6, 6.07) is 0. The molecule has 0 radical (unpaired) electrons. The summed E-state index contributed by atoms with van der Waals surface area (Å²) in [6.45, 7) is 6.00. The molecule has 50 heavy (non-hydrogen) atoms. The van der Waals surface area contributed by atoms with Crippen LogP contribution in [0, 0.1) is 41.4 Å². The average molecular weight is 719 g/mol. The van der Waals surface area contributed by atoms with Crippen LogP contribution in [0.25, 0.3) is 0 Å². The van der Waals surface area contributed by atoms with Gasteiger partial charge in [0, 0.05) is 18.4 Å². The summed E-state index contributed by atoms with van der Waals surface area (Å²) < 4.78 is 13.0. The van der Waals surface area contributed by atoms with Crippen LogP contribution in [-0.4, -0.2) is 35.9 Å². The third-order valence-corrected chi connectivity index (χ3v) is 13.6. The molecule has 0 aliphatic heterocycles. The van der Waals surface area contributed by atoms with Crippen molar-refractivity contribution in [2.45, 2.75) is 213 Å². The van der Waals surface area contributed by atoms with Crippen LogP contribution < -0.4 is 0 Å². The third-order valence-electron chi connectivity index (χ3n) is 13.1. The fourth-order valence-electron chi connectivity index (χ4n) is 9.05. The molecule has 4 nitrogen and oxygen atoms in total. The van der Waals surface area contributed by atoms with Crippen LogP contribution in [0.4, 0.5) is 0 Å². The molecule has 3 aliphatic carbocycles. The van der Waals surface area contributed by atoms with Gasteiger partial charge >= 0.3 is 5.97 Å². The lowest BCUT2D eigenvalue weighted by Crippen LogP contribution is -2.33. The highest BCUT2D eigenvalue weighted by atomic mass is 32.1. The number of unbranched alkanes of at least 4 members (excludes halogenated alkanes) is 13. The second-order valence-electron chi connectivity index (χ2n) is 17.3. The van der Waals surface area contributed by atoms with Crippen LogP contribution in [0.3, 0.4) is 0 Å². The van der Waals surface area contributed by atoms with E-state index in [4.69, 9.17) is 26.8 Å². The molecule has 1 N–H and O–H groups in total. The van der Waals surface area contributed by atoms with Gasteiger partial charge in [0.15, 0.2) is 5.05 Å². The molecule has 292 valence electrons. The maximum absolute atomic E-state index is 13.7. The Balaban J connectivity index is 1.56. The zero-order valence-corrected chi connectivity index (χ0v) is 34.0. The molecule has 3 fully saturated rings. The topological polar surface area (TPSA) is 55.8 Å². The van der Waals surface area contributed by atoms with Gasteiger partial charge in [-0.1, -0.05) is 168 Å². The largest absolute Gasteiger partial charge is 0.486 e. The van der Waals surface area contributed by atoms with Gasteiger partial charge < -0.3 is 14.6 Å². The molecule has 5 heteroatoms. The fraction of sp³-hybridized carbons (Fsp3) is 0.956. The SMILES string of the molecule is CCCCCCCCC(CC1CCC1)C(=O)OCC(COC(=S)C(CCCCCCCC)CC1CCC1)C1CCC(CCCCCCO)CC1. The van der Waals surface area contributed by atoms with Gasteiger partial charge in [-0.05, 0) is 80.8 Å². The Morgan fingerprint density at radius 2 is 1.10 bits per heavy atom. The van der Waals surface area contributed by atoms with Gasteiger partial charge in [0.25, 0.3) is 0 Å². The van der Waals surface area contributed by atoms with E-state index in [0.29, 0.717) is 31.7 Å². The number of aliphatic hydroxyl groups is 1. The van der Waals surface area contributed by atoms with Crippen LogP contribution in [0.2, 0.25) is 0 Å². The predicted molar refractivity (Wildman–Crippen MR) is 215 cm³/mol. The molecule has 3 aliphatic rings. The summed E-state index contributed by atoms with van der Waals surface area (Å²) in [5, 5.41) is 9.97. The molecular weight excluding hydrogens is 637 g/mol. The van der Waals surface area contributed by atoms with E-state index in [2.05, 4.69) is 13.8 Å². The zero-order valence-electron chi connectivity index (χ0n) is 33.2. The summed E-state index contributed by atoms with van der Waals surface area (Å²) in [5.74, 6) is 3.69. The van der Waals surface area contributed by atoms with Crippen LogP contribution in [-0.2, 0) is 14.3 Å². The Morgan fingerprint density at radius 3 is 1.66 bits per heavy atom. The van der Waals surface area contributed by atoms with Crippen molar-refractivity contribution in [1.82, 2.24) is 0 Å². The van der Waals surface area contributed by atoms with Gasteiger partial charge in [-0.2, -0.15) is 0 Å². The number of aliphatic hydroxyl groups excluding tert-OH is 1. The summed E-state index contributed by atoms with van der Waals surface area (Å²) in [5.41, 5.74) is 0. The van der Waals surface area contributed by atoms with Crippen molar-refractivity contribution in [3.8, 4) is 0 Å². The molecule has 3 rings (SSSR count).